The van der Waals surface area contributed by atoms with E-state index in [4.69, 9.17) is 5.73 Å². The van der Waals surface area contributed by atoms with Gasteiger partial charge in [0, 0.05) is 21.7 Å². The molecule has 0 bridgehead atoms. The maximum absolute atomic E-state index is 11.1. The Morgan fingerprint density at radius 1 is 1.56 bits per heavy atom. The maximum Gasteiger partial charge on any atom is 0.103 e. The smallest absolute Gasteiger partial charge is 0.103 e. The van der Waals surface area contributed by atoms with Crippen LogP contribution in [-0.2, 0) is 5.60 Å². The van der Waals surface area contributed by atoms with E-state index in [1.807, 2.05) is 6.92 Å². The minimum atomic E-state index is -0.787. The molecule has 0 saturated heterocycles. The van der Waals surface area contributed by atoms with Gasteiger partial charge in [0.15, 0.2) is 0 Å². The minimum absolute atomic E-state index is 0.134. The highest BCUT2D eigenvalue weighted by molar-refractivity contribution is 7.12. The third-order valence-corrected chi connectivity index (χ3v) is 6.14. The molecule has 0 aromatic carbocycles. The number of aliphatic hydroxyl groups is 1. The summed E-state index contributed by atoms with van der Waals surface area (Å²) in [6, 6.07) is 4.15. The van der Waals surface area contributed by atoms with Crippen molar-refractivity contribution in [3.8, 4) is 0 Å². The zero-order chi connectivity index (χ0) is 13.4. The van der Waals surface area contributed by atoms with Crippen molar-refractivity contribution in [2.24, 2.45) is 17.1 Å². The van der Waals surface area contributed by atoms with E-state index in [1.165, 1.54) is 17.7 Å². The van der Waals surface area contributed by atoms with Gasteiger partial charge >= 0.3 is 0 Å². The van der Waals surface area contributed by atoms with Crippen LogP contribution >= 0.6 is 11.3 Å². The molecule has 3 N–H and O–H groups in total. The number of hydrogen-bond acceptors (Lipinski definition) is 3. The largest absolute Gasteiger partial charge is 0.384 e. The highest BCUT2D eigenvalue weighted by atomic mass is 32.1. The first-order valence-electron chi connectivity index (χ1n) is 6.94. The van der Waals surface area contributed by atoms with Gasteiger partial charge in [-0.25, -0.2) is 0 Å². The summed E-state index contributed by atoms with van der Waals surface area (Å²) >= 11 is 1.70. The Morgan fingerprint density at radius 2 is 2.28 bits per heavy atom. The highest BCUT2D eigenvalue weighted by Gasteiger charge is 2.51. The molecule has 1 aromatic rings. The predicted octanol–water partition coefficient (Wildman–Crippen LogP) is 3.42. The van der Waals surface area contributed by atoms with Crippen LogP contribution in [0.2, 0.25) is 0 Å². The third-order valence-electron chi connectivity index (χ3n) is 4.93. The van der Waals surface area contributed by atoms with Gasteiger partial charge in [-0.05, 0) is 51.2 Å². The summed E-state index contributed by atoms with van der Waals surface area (Å²) in [4.78, 5) is 2.32. The second-order valence-corrected chi connectivity index (χ2v) is 7.27. The highest BCUT2D eigenvalue weighted by Crippen LogP contribution is 2.54. The fourth-order valence-corrected chi connectivity index (χ4v) is 4.40. The molecule has 0 aliphatic heterocycles. The Kier molecular flexibility index (Phi) is 3.86. The zero-order valence-corrected chi connectivity index (χ0v) is 12.5. The standard InChI is InChI=1S/C15H25NOS/c1-4-12-7-8-15(9-12,10-16)14(3,17)13-6-5-11(2)18-13/h5-6,12,17H,4,7-10,16H2,1-3H3. The lowest BCUT2D eigenvalue weighted by Crippen LogP contribution is -2.46. The van der Waals surface area contributed by atoms with E-state index >= 15 is 0 Å². The van der Waals surface area contributed by atoms with Gasteiger partial charge in [-0.15, -0.1) is 11.3 Å². The van der Waals surface area contributed by atoms with Crippen LogP contribution in [0.4, 0.5) is 0 Å². The second kappa shape index (κ2) is 4.95. The molecule has 1 aliphatic rings. The van der Waals surface area contributed by atoms with Crippen molar-refractivity contribution in [2.45, 2.75) is 52.1 Å². The zero-order valence-electron chi connectivity index (χ0n) is 11.7. The first-order chi connectivity index (χ1) is 8.45. The van der Waals surface area contributed by atoms with Crippen LogP contribution in [0.5, 0.6) is 0 Å². The van der Waals surface area contributed by atoms with Crippen LogP contribution in [0, 0.1) is 18.3 Å². The Hall–Kier alpha value is -0.380. The number of aryl methyl sites for hydroxylation is 1. The number of rotatable bonds is 4. The maximum atomic E-state index is 11.1. The van der Waals surface area contributed by atoms with Crippen molar-refractivity contribution in [1.29, 1.82) is 0 Å². The van der Waals surface area contributed by atoms with Crippen LogP contribution < -0.4 is 5.73 Å². The monoisotopic (exact) mass is 267 g/mol. The normalized spacial score (nSPS) is 31.5. The van der Waals surface area contributed by atoms with Crippen molar-refractivity contribution in [3.63, 3.8) is 0 Å². The molecule has 102 valence electrons. The van der Waals surface area contributed by atoms with E-state index in [2.05, 4.69) is 26.0 Å². The van der Waals surface area contributed by atoms with Gasteiger partial charge in [-0.1, -0.05) is 13.3 Å². The van der Waals surface area contributed by atoms with E-state index in [-0.39, 0.29) is 5.41 Å². The molecule has 0 spiro atoms. The fraction of sp³-hybridized carbons (Fsp3) is 0.733. The van der Waals surface area contributed by atoms with E-state index in [0.29, 0.717) is 6.54 Å². The van der Waals surface area contributed by atoms with Crippen molar-refractivity contribution in [2.75, 3.05) is 6.54 Å². The van der Waals surface area contributed by atoms with Crippen LogP contribution in [0.3, 0.4) is 0 Å². The molecular weight excluding hydrogens is 242 g/mol. The SMILES string of the molecule is CCC1CCC(CN)(C(C)(O)c2ccc(C)s2)C1. The molecule has 1 aromatic heterocycles. The molecule has 2 rings (SSSR count). The van der Waals surface area contributed by atoms with Crippen LogP contribution in [0.15, 0.2) is 12.1 Å². The predicted molar refractivity (Wildman–Crippen MR) is 77.7 cm³/mol. The Bertz CT molecular complexity index is 412. The molecule has 1 aliphatic carbocycles. The molecule has 1 fully saturated rings. The Labute approximate surface area is 114 Å². The molecule has 3 unspecified atom stereocenters. The lowest BCUT2D eigenvalue weighted by molar-refractivity contribution is -0.0685. The van der Waals surface area contributed by atoms with E-state index in [1.54, 1.807) is 11.3 Å². The van der Waals surface area contributed by atoms with Crippen LogP contribution in [-0.4, -0.2) is 11.7 Å². The topological polar surface area (TPSA) is 46.2 Å². The Balaban J connectivity index is 2.32. The molecule has 18 heavy (non-hydrogen) atoms. The van der Waals surface area contributed by atoms with Gasteiger partial charge in [0.25, 0.3) is 0 Å². The van der Waals surface area contributed by atoms with Crippen molar-refractivity contribution < 1.29 is 5.11 Å². The minimum Gasteiger partial charge on any atom is -0.384 e. The molecule has 2 nitrogen and oxygen atoms in total. The molecule has 3 heteroatoms. The summed E-state index contributed by atoms with van der Waals surface area (Å²) in [5, 5.41) is 11.1. The summed E-state index contributed by atoms with van der Waals surface area (Å²) in [5.74, 6) is 0.723. The van der Waals surface area contributed by atoms with Gasteiger partial charge in [-0.2, -0.15) is 0 Å². The van der Waals surface area contributed by atoms with E-state index < -0.39 is 5.60 Å². The van der Waals surface area contributed by atoms with Gasteiger partial charge in [-0.3, -0.25) is 0 Å². The summed E-state index contributed by atoms with van der Waals surface area (Å²) < 4.78 is 0. The summed E-state index contributed by atoms with van der Waals surface area (Å²) in [7, 11) is 0. The average Bonchev–Trinajstić information content (AvgIpc) is 2.95. The summed E-state index contributed by atoms with van der Waals surface area (Å²) in [6.07, 6.45) is 4.51. The van der Waals surface area contributed by atoms with Gasteiger partial charge in [0.2, 0.25) is 0 Å². The summed E-state index contributed by atoms with van der Waals surface area (Å²) in [5.41, 5.74) is 5.14. The van der Waals surface area contributed by atoms with Gasteiger partial charge in [0.05, 0.1) is 0 Å². The molecule has 0 radical (unpaired) electrons. The molecule has 3 atom stereocenters. The number of thiophene rings is 1. The van der Waals surface area contributed by atoms with Gasteiger partial charge < -0.3 is 10.8 Å². The first kappa shape index (κ1) is 14.0. The number of hydrogen-bond donors (Lipinski definition) is 2. The Morgan fingerprint density at radius 3 is 2.72 bits per heavy atom. The molecule has 1 saturated carbocycles. The van der Waals surface area contributed by atoms with Crippen molar-refractivity contribution in [1.82, 2.24) is 0 Å². The van der Waals surface area contributed by atoms with Crippen LogP contribution in [0.1, 0.15) is 49.3 Å². The average molecular weight is 267 g/mol. The lowest BCUT2D eigenvalue weighted by Gasteiger charge is -2.42. The molecular formula is C15H25NOS. The van der Waals surface area contributed by atoms with E-state index in [0.717, 1.165) is 23.6 Å². The van der Waals surface area contributed by atoms with Crippen molar-refractivity contribution >= 4 is 11.3 Å². The second-order valence-electron chi connectivity index (χ2n) is 5.98. The quantitative estimate of drug-likeness (QED) is 0.878. The fourth-order valence-electron chi connectivity index (χ4n) is 3.37. The summed E-state index contributed by atoms with van der Waals surface area (Å²) in [6.45, 7) is 6.86. The lowest BCUT2D eigenvalue weighted by atomic mass is 9.70. The first-order valence-corrected chi connectivity index (χ1v) is 7.76. The van der Waals surface area contributed by atoms with E-state index in [9.17, 15) is 5.11 Å². The van der Waals surface area contributed by atoms with Crippen molar-refractivity contribution in [3.05, 3.63) is 21.9 Å². The molecule has 1 heterocycles. The number of nitrogens with two attached hydrogens (primary N) is 1. The van der Waals surface area contributed by atoms with Crippen LogP contribution in [0.25, 0.3) is 0 Å². The van der Waals surface area contributed by atoms with Gasteiger partial charge in [0.1, 0.15) is 5.60 Å². The third kappa shape index (κ3) is 2.13. The molecule has 0 amide bonds.